The summed E-state index contributed by atoms with van der Waals surface area (Å²) in [7, 11) is 1.32. The number of rotatable bonds is 3. The number of halogens is 7. The van der Waals surface area contributed by atoms with Gasteiger partial charge in [-0.2, -0.15) is 26.3 Å². The second kappa shape index (κ2) is 7.99. The number of hydrogen-bond donors (Lipinski definition) is 3. The van der Waals surface area contributed by atoms with Gasteiger partial charge in [0.1, 0.15) is 17.1 Å². The Hall–Kier alpha value is -4.10. The Morgan fingerprint density at radius 3 is 2.00 bits per heavy atom. The van der Waals surface area contributed by atoms with Gasteiger partial charge in [-0.1, -0.05) is 0 Å². The second-order valence-electron chi connectivity index (χ2n) is 7.39. The van der Waals surface area contributed by atoms with Crippen molar-refractivity contribution in [2.24, 2.45) is 0 Å². The minimum absolute atomic E-state index is 0.172. The van der Waals surface area contributed by atoms with E-state index in [1.54, 1.807) is 0 Å². The van der Waals surface area contributed by atoms with Crippen molar-refractivity contribution in [2.45, 2.75) is 17.9 Å². The van der Waals surface area contributed by atoms with E-state index in [4.69, 9.17) is 4.74 Å². The summed E-state index contributed by atoms with van der Waals surface area (Å²) in [6.07, 6.45) is -12.2. The Labute approximate surface area is 190 Å². The number of hydrogen-bond acceptors (Lipinski definition) is 4. The van der Waals surface area contributed by atoms with Crippen LogP contribution in [0.1, 0.15) is 11.1 Å². The van der Waals surface area contributed by atoms with Crippen LogP contribution in [0.4, 0.5) is 36.6 Å². The van der Waals surface area contributed by atoms with Gasteiger partial charge in [-0.3, -0.25) is 9.78 Å². The second-order valence-corrected chi connectivity index (χ2v) is 7.39. The number of fused-ring (bicyclic) bond motifs is 1. The molecule has 3 aromatic rings. The summed E-state index contributed by atoms with van der Waals surface area (Å²) >= 11 is 0. The molecule has 7 nitrogen and oxygen atoms in total. The summed E-state index contributed by atoms with van der Waals surface area (Å²) in [6.45, 7) is 0. The number of ether oxygens (including phenoxy) is 1. The number of amidine groups is 1. The third-order valence-electron chi connectivity index (χ3n) is 5.36. The number of aromatic amines is 1. The molecule has 0 radical (unpaired) electrons. The van der Waals surface area contributed by atoms with Crippen molar-refractivity contribution < 1.29 is 40.5 Å². The number of H-pyrrole nitrogens is 1. The average molecular weight is 503 g/mol. The van der Waals surface area contributed by atoms with Gasteiger partial charge < -0.3 is 4.74 Å². The van der Waals surface area contributed by atoms with E-state index in [1.807, 2.05) is 0 Å². The maximum absolute atomic E-state index is 14.3. The van der Waals surface area contributed by atoms with Gasteiger partial charge in [0.25, 0.3) is 11.4 Å². The lowest BCUT2D eigenvalue weighted by Gasteiger charge is -2.35. The lowest BCUT2D eigenvalue weighted by Crippen LogP contribution is -2.97. The predicted octanol–water partition coefficient (Wildman–Crippen LogP) is 1.95. The van der Waals surface area contributed by atoms with Gasteiger partial charge in [0.2, 0.25) is 5.82 Å². The first-order chi connectivity index (χ1) is 16.3. The van der Waals surface area contributed by atoms with Crippen LogP contribution in [-0.4, -0.2) is 34.8 Å². The van der Waals surface area contributed by atoms with Gasteiger partial charge in [-0.15, -0.1) is 0 Å². The lowest BCUT2D eigenvalue weighted by molar-refractivity contribution is -0.658. The van der Waals surface area contributed by atoms with E-state index in [0.717, 1.165) is 24.3 Å². The molecule has 1 aliphatic rings. The van der Waals surface area contributed by atoms with Crippen LogP contribution < -0.4 is 26.3 Å². The zero-order valence-corrected chi connectivity index (χ0v) is 17.4. The van der Waals surface area contributed by atoms with Crippen LogP contribution in [0.3, 0.4) is 0 Å². The minimum atomic E-state index is -6.11. The van der Waals surface area contributed by atoms with E-state index < -0.39 is 52.2 Å². The van der Waals surface area contributed by atoms with Crippen molar-refractivity contribution in [1.29, 1.82) is 0 Å². The molecule has 0 aliphatic carbocycles. The largest absolute Gasteiger partial charge is 0.497 e. The average Bonchev–Trinajstić information content (AvgIpc) is 2.77. The van der Waals surface area contributed by atoms with Gasteiger partial charge in [-0.05, 0) is 48.5 Å². The Morgan fingerprint density at radius 2 is 1.49 bits per heavy atom. The fraction of sp³-hybridized carbons (Fsp3) is 0.190. The zero-order chi connectivity index (χ0) is 25.8. The van der Waals surface area contributed by atoms with Crippen LogP contribution in [0, 0.1) is 5.82 Å². The summed E-state index contributed by atoms with van der Waals surface area (Å²) in [6, 6.07) is 8.51. The summed E-state index contributed by atoms with van der Waals surface area (Å²) < 4.78 is 105. The molecule has 0 spiro atoms. The summed E-state index contributed by atoms with van der Waals surface area (Å²) in [5.41, 5.74) is -10.4. The highest BCUT2D eigenvalue weighted by molar-refractivity contribution is 6.05. The Bertz CT molecular complexity index is 1410. The van der Waals surface area contributed by atoms with Crippen LogP contribution >= 0.6 is 0 Å². The van der Waals surface area contributed by atoms with E-state index in [0.29, 0.717) is 4.57 Å². The van der Waals surface area contributed by atoms with Crippen molar-refractivity contribution in [1.82, 2.24) is 9.55 Å². The Balaban J connectivity index is 2.14. The van der Waals surface area contributed by atoms with E-state index in [2.05, 4.69) is 5.32 Å². The number of nitrogens with one attached hydrogen (secondary N) is 3. The SMILES string of the molecule is COc1ccc(-n2c3c(c(=O)[nH]c2=O)C(C(F)(F)F)(C(F)(F)F)[NH+]=C(c2ccc(F)cc2)N3)cc1. The van der Waals surface area contributed by atoms with Gasteiger partial charge in [0.15, 0.2) is 0 Å². The number of aromatic nitrogens is 2. The molecule has 0 amide bonds. The van der Waals surface area contributed by atoms with E-state index in [9.17, 15) is 40.3 Å². The fourth-order valence-corrected chi connectivity index (χ4v) is 3.73. The van der Waals surface area contributed by atoms with Gasteiger partial charge in [-0.25, -0.2) is 24.1 Å². The maximum Gasteiger partial charge on any atom is 0.446 e. The van der Waals surface area contributed by atoms with E-state index in [-0.39, 0.29) is 17.0 Å². The Morgan fingerprint density at radius 1 is 0.914 bits per heavy atom. The predicted molar refractivity (Wildman–Crippen MR) is 108 cm³/mol. The van der Waals surface area contributed by atoms with Crippen molar-refractivity contribution in [3.63, 3.8) is 0 Å². The molecule has 0 atom stereocenters. The quantitative estimate of drug-likeness (QED) is 0.477. The molecule has 184 valence electrons. The van der Waals surface area contributed by atoms with Gasteiger partial charge in [0.05, 0.1) is 18.4 Å². The normalized spacial score (nSPS) is 15.1. The molecule has 14 heteroatoms. The monoisotopic (exact) mass is 503 g/mol. The number of methoxy groups -OCH3 is 1. The molecule has 2 aromatic carbocycles. The zero-order valence-electron chi connectivity index (χ0n) is 17.4. The molecule has 0 unspecified atom stereocenters. The first kappa shape index (κ1) is 24.0. The number of benzene rings is 2. The van der Waals surface area contributed by atoms with E-state index >= 15 is 0 Å². The molecular formula is C21H14F7N4O3+. The molecule has 1 aliphatic heterocycles. The number of alkyl halides is 6. The van der Waals surface area contributed by atoms with Crippen molar-refractivity contribution >= 4 is 11.7 Å². The van der Waals surface area contributed by atoms with Gasteiger partial charge >= 0.3 is 23.6 Å². The first-order valence-corrected chi connectivity index (χ1v) is 9.66. The first-order valence-electron chi connectivity index (χ1n) is 9.66. The summed E-state index contributed by atoms with van der Waals surface area (Å²) in [5, 5.41) is 2.30. The summed E-state index contributed by atoms with van der Waals surface area (Å²) in [4.78, 5) is 28.1. The van der Waals surface area contributed by atoms with Crippen molar-refractivity contribution in [3.05, 3.63) is 86.3 Å². The molecule has 4 rings (SSSR count). The molecule has 1 aromatic heterocycles. The smallest absolute Gasteiger partial charge is 0.446 e. The third-order valence-corrected chi connectivity index (χ3v) is 5.36. The summed E-state index contributed by atoms with van der Waals surface area (Å²) in [5.74, 6) is -2.45. The highest BCUT2D eigenvalue weighted by atomic mass is 19.4. The standard InChI is InChI=1S/C21H13F7N4O3/c1-35-13-8-6-12(7-9-13)32-16-14(17(33)30-18(32)34)19(20(23,24)25,21(26,27)28)31-15(29-16)10-2-4-11(22)5-3-10/h2-9H,1H3,(H,29,31)(H,30,33,34)/p+1. The molecule has 0 saturated heterocycles. The molecule has 0 fully saturated rings. The molecule has 3 N–H and O–H groups in total. The number of nitrogens with zero attached hydrogens (tertiary/aromatic N) is 1. The number of anilines is 1. The van der Waals surface area contributed by atoms with Crippen LogP contribution in [0.25, 0.3) is 5.69 Å². The van der Waals surface area contributed by atoms with Crippen molar-refractivity contribution in [2.75, 3.05) is 12.4 Å². The van der Waals surface area contributed by atoms with Crippen LogP contribution in [0.15, 0.2) is 58.1 Å². The van der Waals surface area contributed by atoms with E-state index in [1.165, 1.54) is 41.4 Å². The fourth-order valence-electron chi connectivity index (χ4n) is 3.73. The van der Waals surface area contributed by atoms with Crippen LogP contribution in [0.2, 0.25) is 0 Å². The molecule has 2 heterocycles. The highest BCUT2D eigenvalue weighted by Gasteiger charge is 2.78. The molecule has 0 bridgehead atoms. The molecule has 0 saturated carbocycles. The van der Waals surface area contributed by atoms with Gasteiger partial charge in [0, 0.05) is 0 Å². The maximum atomic E-state index is 14.3. The molecule has 35 heavy (non-hydrogen) atoms. The molecular weight excluding hydrogens is 489 g/mol. The Kier molecular flexibility index (Phi) is 5.49. The lowest BCUT2D eigenvalue weighted by atomic mass is 9.87. The minimum Gasteiger partial charge on any atom is -0.497 e. The third kappa shape index (κ3) is 3.74. The van der Waals surface area contributed by atoms with Crippen molar-refractivity contribution in [3.8, 4) is 11.4 Å². The van der Waals surface area contributed by atoms with Crippen LogP contribution in [-0.2, 0) is 5.54 Å². The highest BCUT2D eigenvalue weighted by Crippen LogP contribution is 2.48. The van der Waals surface area contributed by atoms with Crippen LogP contribution in [0.5, 0.6) is 5.75 Å². The topological polar surface area (TPSA) is 90.1 Å².